The molecule has 0 aliphatic carbocycles. The van der Waals surface area contributed by atoms with Crippen LogP contribution in [0.25, 0.3) is 11.6 Å². The molecule has 3 heteroatoms. The fourth-order valence-electron chi connectivity index (χ4n) is 2.26. The second-order valence-electron chi connectivity index (χ2n) is 4.49. The predicted octanol–water partition coefficient (Wildman–Crippen LogP) is 3.97. The van der Waals surface area contributed by atoms with Crippen molar-refractivity contribution >= 4 is 39.2 Å². The van der Waals surface area contributed by atoms with Gasteiger partial charge < -0.3 is 4.90 Å². The van der Waals surface area contributed by atoms with Crippen molar-refractivity contribution in [2.24, 2.45) is 0 Å². The zero-order valence-corrected chi connectivity index (χ0v) is 12.0. The molecule has 94 valence electrons. The topological polar surface area (TPSA) is 20.3 Å². The molecule has 0 bridgehead atoms. The molecule has 0 aromatic heterocycles. The van der Waals surface area contributed by atoms with Gasteiger partial charge >= 0.3 is 0 Å². The number of carbonyl (C=O) groups excluding carboxylic acids is 1. The zero-order valence-electron chi connectivity index (χ0n) is 10.4. The van der Waals surface area contributed by atoms with Gasteiger partial charge in [0.25, 0.3) is 5.91 Å². The standard InChI is InChI=1S/C16H12BrNO/c1-18-15-5-3-2-4-13(15)14(16(18)19)10-11-6-8-12(17)9-7-11/h2-10H,1H3. The fraction of sp³-hybridized carbons (Fsp3) is 0.0625. The highest BCUT2D eigenvalue weighted by Crippen LogP contribution is 2.36. The Kier molecular flexibility index (Phi) is 2.99. The Bertz CT molecular complexity index is 673. The SMILES string of the molecule is CN1C(=O)C(=Cc2ccc(Br)cc2)c2ccccc21. The summed E-state index contributed by atoms with van der Waals surface area (Å²) >= 11 is 3.41. The van der Waals surface area contributed by atoms with E-state index in [1.54, 1.807) is 4.90 Å². The summed E-state index contributed by atoms with van der Waals surface area (Å²) in [4.78, 5) is 14.0. The highest BCUT2D eigenvalue weighted by atomic mass is 79.9. The molecule has 0 spiro atoms. The predicted molar refractivity (Wildman–Crippen MR) is 81.9 cm³/mol. The maximum Gasteiger partial charge on any atom is 0.258 e. The number of anilines is 1. The third-order valence-electron chi connectivity index (χ3n) is 3.27. The molecule has 0 atom stereocenters. The number of benzene rings is 2. The molecule has 19 heavy (non-hydrogen) atoms. The maximum absolute atomic E-state index is 12.3. The molecular formula is C16H12BrNO. The molecule has 0 saturated heterocycles. The molecule has 1 aliphatic heterocycles. The summed E-state index contributed by atoms with van der Waals surface area (Å²) in [5.74, 6) is 0.0455. The number of halogens is 1. The third-order valence-corrected chi connectivity index (χ3v) is 3.80. The second-order valence-corrected chi connectivity index (χ2v) is 5.41. The van der Waals surface area contributed by atoms with E-state index in [1.165, 1.54) is 0 Å². The number of carbonyl (C=O) groups is 1. The zero-order chi connectivity index (χ0) is 13.4. The van der Waals surface area contributed by atoms with Crippen LogP contribution in [0, 0.1) is 0 Å². The maximum atomic E-state index is 12.3. The Hall–Kier alpha value is -1.87. The summed E-state index contributed by atoms with van der Waals surface area (Å²) in [6, 6.07) is 15.8. The molecule has 0 radical (unpaired) electrons. The summed E-state index contributed by atoms with van der Waals surface area (Å²) in [5, 5.41) is 0. The number of para-hydroxylation sites is 1. The van der Waals surface area contributed by atoms with Gasteiger partial charge in [-0.25, -0.2) is 0 Å². The lowest BCUT2D eigenvalue weighted by molar-refractivity contribution is -0.112. The van der Waals surface area contributed by atoms with E-state index in [2.05, 4.69) is 15.9 Å². The minimum atomic E-state index is 0.0455. The van der Waals surface area contributed by atoms with Crippen LogP contribution in [0.3, 0.4) is 0 Å². The van der Waals surface area contributed by atoms with E-state index >= 15 is 0 Å². The van der Waals surface area contributed by atoms with E-state index in [1.807, 2.05) is 61.7 Å². The van der Waals surface area contributed by atoms with Crippen LogP contribution in [0.4, 0.5) is 5.69 Å². The van der Waals surface area contributed by atoms with Crippen molar-refractivity contribution in [1.29, 1.82) is 0 Å². The minimum Gasteiger partial charge on any atom is -0.311 e. The minimum absolute atomic E-state index is 0.0455. The molecule has 1 heterocycles. The van der Waals surface area contributed by atoms with Crippen LogP contribution >= 0.6 is 15.9 Å². The van der Waals surface area contributed by atoms with Crippen LogP contribution in [0.2, 0.25) is 0 Å². The first kappa shape index (κ1) is 12.2. The summed E-state index contributed by atoms with van der Waals surface area (Å²) in [6.07, 6.45) is 1.94. The Balaban J connectivity index is 2.10. The monoisotopic (exact) mass is 313 g/mol. The third kappa shape index (κ3) is 2.10. The van der Waals surface area contributed by atoms with E-state index in [0.29, 0.717) is 0 Å². The van der Waals surface area contributed by atoms with Crippen LogP contribution in [0.5, 0.6) is 0 Å². The van der Waals surface area contributed by atoms with Crippen molar-refractivity contribution in [2.75, 3.05) is 11.9 Å². The van der Waals surface area contributed by atoms with Gasteiger partial charge in [-0.2, -0.15) is 0 Å². The van der Waals surface area contributed by atoms with Crippen molar-refractivity contribution in [2.45, 2.75) is 0 Å². The lowest BCUT2D eigenvalue weighted by Gasteiger charge is -2.07. The average Bonchev–Trinajstić information content (AvgIpc) is 2.67. The van der Waals surface area contributed by atoms with Crippen LogP contribution in [-0.2, 0) is 4.79 Å². The normalized spacial score (nSPS) is 16.0. The number of amides is 1. The van der Waals surface area contributed by atoms with Gasteiger partial charge in [0.05, 0.1) is 5.69 Å². The Labute approximate surface area is 120 Å². The van der Waals surface area contributed by atoms with Crippen LogP contribution in [0.15, 0.2) is 53.0 Å². The fourth-order valence-corrected chi connectivity index (χ4v) is 2.53. The largest absolute Gasteiger partial charge is 0.311 e. The van der Waals surface area contributed by atoms with Gasteiger partial charge in [-0.15, -0.1) is 0 Å². The highest BCUT2D eigenvalue weighted by Gasteiger charge is 2.28. The first-order valence-electron chi connectivity index (χ1n) is 6.01. The van der Waals surface area contributed by atoms with Gasteiger partial charge in [-0.3, -0.25) is 4.79 Å². The van der Waals surface area contributed by atoms with Crippen LogP contribution in [-0.4, -0.2) is 13.0 Å². The second kappa shape index (κ2) is 4.67. The summed E-state index contributed by atoms with van der Waals surface area (Å²) in [6.45, 7) is 0. The van der Waals surface area contributed by atoms with Gasteiger partial charge in [0, 0.05) is 22.7 Å². The first-order valence-corrected chi connectivity index (χ1v) is 6.81. The van der Waals surface area contributed by atoms with Crippen molar-refractivity contribution in [3.63, 3.8) is 0 Å². The van der Waals surface area contributed by atoms with E-state index in [4.69, 9.17) is 0 Å². The number of fused-ring (bicyclic) bond motifs is 1. The molecule has 2 nitrogen and oxygen atoms in total. The lowest BCUT2D eigenvalue weighted by atomic mass is 10.0. The molecule has 1 amide bonds. The van der Waals surface area contributed by atoms with E-state index < -0.39 is 0 Å². The number of hydrogen-bond acceptors (Lipinski definition) is 1. The average molecular weight is 314 g/mol. The summed E-state index contributed by atoms with van der Waals surface area (Å²) in [5.41, 5.74) is 3.74. The Morgan fingerprint density at radius 1 is 1.05 bits per heavy atom. The number of nitrogens with zero attached hydrogens (tertiary/aromatic N) is 1. The lowest BCUT2D eigenvalue weighted by Crippen LogP contribution is -2.20. The molecule has 2 aromatic carbocycles. The molecule has 0 fully saturated rings. The Morgan fingerprint density at radius 3 is 2.47 bits per heavy atom. The molecular weight excluding hydrogens is 302 g/mol. The highest BCUT2D eigenvalue weighted by molar-refractivity contribution is 9.10. The molecule has 0 unspecified atom stereocenters. The molecule has 3 rings (SSSR count). The quantitative estimate of drug-likeness (QED) is 0.730. The van der Waals surface area contributed by atoms with Gasteiger partial charge in [-0.05, 0) is 29.8 Å². The molecule has 0 N–H and O–H groups in total. The molecule has 0 saturated carbocycles. The van der Waals surface area contributed by atoms with Crippen molar-refractivity contribution < 1.29 is 4.79 Å². The number of rotatable bonds is 1. The van der Waals surface area contributed by atoms with Crippen molar-refractivity contribution in [1.82, 2.24) is 0 Å². The molecule has 1 aliphatic rings. The summed E-state index contributed by atoms with van der Waals surface area (Å²) in [7, 11) is 1.81. The van der Waals surface area contributed by atoms with Crippen molar-refractivity contribution in [3.8, 4) is 0 Å². The van der Waals surface area contributed by atoms with E-state index in [-0.39, 0.29) is 5.91 Å². The van der Waals surface area contributed by atoms with E-state index in [9.17, 15) is 4.79 Å². The van der Waals surface area contributed by atoms with Gasteiger partial charge in [0.15, 0.2) is 0 Å². The summed E-state index contributed by atoms with van der Waals surface area (Å²) < 4.78 is 1.03. The smallest absolute Gasteiger partial charge is 0.258 e. The van der Waals surface area contributed by atoms with Crippen molar-refractivity contribution in [3.05, 3.63) is 64.1 Å². The van der Waals surface area contributed by atoms with Gasteiger partial charge in [0.2, 0.25) is 0 Å². The number of hydrogen-bond donors (Lipinski definition) is 0. The van der Waals surface area contributed by atoms with Crippen LogP contribution in [0.1, 0.15) is 11.1 Å². The van der Waals surface area contributed by atoms with E-state index in [0.717, 1.165) is 26.9 Å². The number of likely N-dealkylation sites (N-methyl/N-ethyl adjacent to an activating group) is 1. The molecule has 2 aromatic rings. The first-order chi connectivity index (χ1) is 9.16. The Morgan fingerprint density at radius 2 is 1.74 bits per heavy atom. The van der Waals surface area contributed by atoms with Gasteiger partial charge in [0.1, 0.15) is 0 Å². The van der Waals surface area contributed by atoms with Gasteiger partial charge in [-0.1, -0.05) is 46.3 Å². The van der Waals surface area contributed by atoms with Crippen LogP contribution < -0.4 is 4.90 Å².